The summed E-state index contributed by atoms with van der Waals surface area (Å²) in [4.78, 5) is 12.0. The van der Waals surface area contributed by atoms with Gasteiger partial charge in [-0.1, -0.05) is 41.9 Å². The highest BCUT2D eigenvalue weighted by Gasteiger charge is 2.31. The summed E-state index contributed by atoms with van der Waals surface area (Å²) >= 11 is 5.87. The van der Waals surface area contributed by atoms with Gasteiger partial charge in [0.15, 0.2) is 0 Å². The summed E-state index contributed by atoms with van der Waals surface area (Å²) < 4.78 is 38.1. The van der Waals surface area contributed by atoms with Crippen LogP contribution in [0.3, 0.4) is 0 Å². The van der Waals surface area contributed by atoms with Crippen molar-refractivity contribution in [2.75, 3.05) is 11.9 Å². The normalized spacial score (nSPS) is 12.5. The Hall–Kier alpha value is -2.21. The number of hydrogen-bond donors (Lipinski definition) is 2. The molecule has 0 saturated heterocycles. The molecule has 0 aliphatic carbocycles. The maximum Gasteiger partial charge on any atom is 0.416 e. The zero-order valence-electron chi connectivity index (χ0n) is 12.8. The fraction of sp³-hybridized carbons (Fsp3) is 0.235. The van der Waals surface area contributed by atoms with E-state index >= 15 is 0 Å². The molecule has 0 saturated carbocycles. The molecule has 1 amide bonds. The van der Waals surface area contributed by atoms with Crippen LogP contribution in [0.5, 0.6) is 0 Å². The van der Waals surface area contributed by atoms with E-state index in [-0.39, 0.29) is 29.2 Å². The minimum absolute atomic E-state index is 0.0639. The lowest BCUT2D eigenvalue weighted by Gasteiger charge is -2.16. The van der Waals surface area contributed by atoms with Crippen LogP contribution >= 0.6 is 11.6 Å². The molecule has 0 fully saturated rings. The molecule has 0 heterocycles. The molecule has 0 radical (unpaired) electrons. The molecule has 128 valence electrons. The molecule has 0 spiro atoms. The van der Waals surface area contributed by atoms with Crippen LogP contribution in [0.2, 0.25) is 5.02 Å². The monoisotopic (exact) mass is 356 g/mol. The van der Waals surface area contributed by atoms with Gasteiger partial charge in [0.05, 0.1) is 28.9 Å². The van der Waals surface area contributed by atoms with Gasteiger partial charge in [-0.15, -0.1) is 0 Å². The van der Waals surface area contributed by atoms with Crippen LogP contribution in [0.25, 0.3) is 0 Å². The highest BCUT2D eigenvalue weighted by molar-refractivity contribution is 6.33. The third-order valence-electron chi connectivity index (χ3n) is 3.41. The van der Waals surface area contributed by atoms with Crippen LogP contribution in [0.1, 0.15) is 24.1 Å². The Morgan fingerprint density at radius 3 is 2.46 bits per heavy atom. The van der Waals surface area contributed by atoms with E-state index in [0.717, 1.165) is 23.8 Å². The molecule has 2 aromatic rings. The second kappa shape index (κ2) is 7.57. The van der Waals surface area contributed by atoms with Gasteiger partial charge in [-0.3, -0.25) is 4.79 Å². The number of nitrogens with one attached hydrogen (secondary N) is 2. The molecule has 2 N–H and O–H groups in total. The van der Waals surface area contributed by atoms with E-state index in [1.54, 1.807) is 0 Å². The molecule has 3 nitrogen and oxygen atoms in total. The first kappa shape index (κ1) is 18.1. The summed E-state index contributed by atoms with van der Waals surface area (Å²) in [5.41, 5.74) is 0.171. The Morgan fingerprint density at radius 1 is 1.17 bits per heavy atom. The third kappa shape index (κ3) is 4.89. The third-order valence-corrected chi connectivity index (χ3v) is 3.74. The second-order valence-corrected chi connectivity index (χ2v) is 5.65. The SMILES string of the molecule is CC(NC(=O)CNc1cc(C(F)(F)F)ccc1Cl)c1ccccc1. The topological polar surface area (TPSA) is 41.1 Å². The molecule has 1 unspecified atom stereocenters. The van der Waals surface area contributed by atoms with Crippen LogP contribution in [-0.4, -0.2) is 12.5 Å². The first-order valence-corrected chi connectivity index (χ1v) is 7.60. The Kier molecular flexibility index (Phi) is 5.72. The minimum Gasteiger partial charge on any atom is -0.375 e. The second-order valence-electron chi connectivity index (χ2n) is 5.25. The Labute approximate surface area is 142 Å². The number of benzene rings is 2. The zero-order valence-corrected chi connectivity index (χ0v) is 13.6. The fourth-order valence-electron chi connectivity index (χ4n) is 2.13. The average Bonchev–Trinajstić information content (AvgIpc) is 2.53. The van der Waals surface area contributed by atoms with Gasteiger partial charge in [-0.2, -0.15) is 13.2 Å². The van der Waals surface area contributed by atoms with Gasteiger partial charge in [-0.25, -0.2) is 0 Å². The molecule has 7 heteroatoms. The van der Waals surface area contributed by atoms with Crippen molar-refractivity contribution in [1.82, 2.24) is 5.32 Å². The summed E-state index contributed by atoms with van der Waals surface area (Å²) in [5.74, 6) is -0.347. The van der Waals surface area contributed by atoms with Crippen LogP contribution in [0, 0.1) is 0 Å². The lowest BCUT2D eigenvalue weighted by atomic mass is 10.1. The first-order chi connectivity index (χ1) is 11.3. The van der Waals surface area contributed by atoms with Gasteiger partial charge in [-0.05, 0) is 30.7 Å². The Morgan fingerprint density at radius 2 is 1.83 bits per heavy atom. The van der Waals surface area contributed by atoms with Crippen molar-refractivity contribution < 1.29 is 18.0 Å². The largest absolute Gasteiger partial charge is 0.416 e. The highest BCUT2D eigenvalue weighted by Crippen LogP contribution is 2.33. The summed E-state index contributed by atoms with van der Waals surface area (Å²) in [6.45, 7) is 1.64. The van der Waals surface area contributed by atoms with Gasteiger partial charge in [0.2, 0.25) is 5.91 Å². The molecule has 2 rings (SSSR count). The van der Waals surface area contributed by atoms with E-state index < -0.39 is 11.7 Å². The van der Waals surface area contributed by atoms with Crippen molar-refractivity contribution in [1.29, 1.82) is 0 Å². The van der Waals surface area contributed by atoms with Gasteiger partial charge in [0, 0.05) is 0 Å². The number of hydrogen-bond acceptors (Lipinski definition) is 2. The molecular formula is C17H16ClF3N2O. The number of amides is 1. The van der Waals surface area contributed by atoms with Crippen LogP contribution in [-0.2, 0) is 11.0 Å². The van der Waals surface area contributed by atoms with Gasteiger partial charge in [0.25, 0.3) is 0 Å². The number of alkyl halides is 3. The van der Waals surface area contributed by atoms with Crippen molar-refractivity contribution in [2.24, 2.45) is 0 Å². The average molecular weight is 357 g/mol. The van der Waals surface area contributed by atoms with Crippen LogP contribution < -0.4 is 10.6 Å². The molecule has 0 aliphatic heterocycles. The van der Waals surface area contributed by atoms with E-state index in [9.17, 15) is 18.0 Å². The summed E-state index contributed by atoms with van der Waals surface area (Å²) in [7, 11) is 0. The van der Waals surface area contributed by atoms with E-state index in [2.05, 4.69) is 10.6 Å². The quantitative estimate of drug-likeness (QED) is 0.818. The van der Waals surface area contributed by atoms with E-state index in [0.29, 0.717) is 0 Å². The van der Waals surface area contributed by atoms with E-state index in [1.165, 1.54) is 0 Å². The van der Waals surface area contributed by atoms with E-state index in [1.807, 2.05) is 37.3 Å². The van der Waals surface area contributed by atoms with Crippen molar-refractivity contribution in [3.8, 4) is 0 Å². The number of rotatable bonds is 5. The number of carbonyl (C=O) groups excluding carboxylic acids is 1. The maximum atomic E-state index is 12.7. The zero-order chi connectivity index (χ0) is 17.7. The molecule has 1 atom stereocenters. The first-order valence-electron chi connectivity index (χ1n) is 7.22. The molecule has 2 aromatic carbocycles. The van der Waals surface area contributed by atoms with Gasteiger partial charge >= 0.3 is 6.18 Å². The van der Waals surface area contributed by atoms with Crippen molar-refractivity contribution >= 4 is 23.2 Å². The number of anilines is 1. The van der Waals surface area contributed by atoms with Crippen molar-refractivity contribution in [3.05, 3.63) is 64.7 Å². The molecule has 24 heavy (non-hydrogen) atoms. The smallest absolute Gasteiger partial charge is 0.375 e. The molecular weight excluding hydrogens is 341 g/mol. The van der Waals surface area contributed by atoms with Gasteiger partial charge < -0.3 is 10.6 Å². The minimum atomic E-state index is -4.47. The molecule has 0 aliphatic rings. The van der Waals surface area contributed by atoms with Crippen LogP contribution in [0.15, 0.2) is 48.5 Å². The summed E-state index contributed by atoms with van der Waals surface area (Å²) in [6, 6.07) is 12.1. The maximum absolute atomic E-state index is 12.7. The van der Waals surface area contributed by atoms with Crippen molar-refractivity contribution in [3.63, 3.8) is 0 Å². The summed E-state index contributed by atoms with van der Waals surface area (Å²) in [5, 5.41) is 5.52. The summed E-state index contributed by atoms with van der Waals surface area (Å²) in [6.07, 6.45) is -4.47. The van der Waals surface area contributed by atoms with Gasteiger partial charge in [0.1, 0.15) is 0 Å². The molecule has 0 aromatic heterocycles. The standard InChI is InChI=1S/C17H16ClF3N2O/c1-11(12-5-3-2-4-6-12)23-16(24)10-22-15-9-13(17(19,20)21)7-8-14(15)18/h2-9,11,22H,10H2,1H3,(H,23,24). The number of carbonyl (C=O) groups is 1. The Bertz CT molecular complexity index is 705. The predicted molar refractivity (Wildman–Crippen MR) is 87.9 cm³/mol. The fourth-order valence-corrected chi connectivity index (χ4v) is 2.31. The van der Waals surface area contributed by atoms with Crippen molar-refractivity contribution in [2.45, 2.75) is 19.1 Å². The van der Waals surface area contributed by atoms with Crippen LogP contribution in [0.4, 0.5) is 18.9 Å². The lowest BCUT2D eigenvalue weighted by molar-refractivity contribution is -0.137. The Balaban J connectivity index is 1.97. The molecule has 0 bridgehead atoms. The highest BCUT2D eigenvalue weighted by atomic mass is 35.5. The predicted octanol–water partition coefficient (Wildman–Crippen LogP) is 4.65. The number of halogens is 4. The lowest BCUT2D eigenvalue weighted by Crippen LogP contribution is -2.32. The van der Waals surface area contributed by atoms with E-state index in [4.69, 9.17) is 11.6 Å².